The van der Waals surface area contributed by atoms with Crippen molar-refractivity contribution >= 4 is 21.6 Å². The fourth-order valence-electron chi connectivity index (χ4n) is 3.25. The molecule has 1 aromatic carbocycles. The molecule has 0 amide bonds. The second-order valence-electron chi connectivity index (χ2n) is 5.61. The highest BCUT2D eigenvalue weighted by molar-refractivity contribution is 9.10. The van der Waals surface area contributed by atoms with Crippen LogP contribution >= 0.6 is 15.9 Å². The molecule has 1 aromatic rings. The summed E-state index contributed by atoms with van der Waals surface area (Å²) in [5.41, 5.74) is 1.66. The zero-order valence-electron chi connectivity index (χ0n) is 10.8. The molecule has 2 aliphatic rings. The normalized spacial score (nSPS) is 31.0. The summed E-state index contributed by atoms with van der Waals surface area (Å²) in [4.78, 5) is 4.03. The van der Waals surface area contributed by atoms with Crippen LogP contribution in [0.5, 0.6) is 5.75 Å². The molecule has 1 aliphatic heterocycles. The predicted molar refractivity (Wildman–Crippen MR) is 77.3 cm³/mol. The lowest BCUT2D eigenvalue weighted by atomic mass is 9.87. The van der Waals surface area contributed by atoms with Crippen LogP contribution < -0.4 is 4.74 Å². The molecule has 0 aromatic heterocycles. The Morgan fingerprint density at radius 1 is 1.53 bits per heavy atom. The SMILES string of the molecule is CC1CCC2(CC(=NC#N)c3cc(Br)ccc3O2)C1. The molecule has 0 bridgehead atoms. The lowest BCUT2D eigenvalue weighted by Crippen LogP contribution is -2.40. The Hall–Kier alpha value is -1.34. The maximum atomic E-state index is 8.91. The summed E-state index contributed by atoms with van der Waals surface area (Å²) < 4.78 is 7.25. The quantitative estimate of drug-likeness (QED) is 0.677. The molecule has 0 saturated heterocycles. The number of hydrogen-bond donors (Lipinski definition) is 0. The fraction of sp³-hybridized carbons (Fsp3) is 0.467. The maximum absolute atomic E-state index is 8.91. The number of rotatable bonds is 0. The Balaban J connectivity index is 2.06. The number of nitriles is 1. The van der Waals surface area contributed by atoms with E-state index in [0.29, 0.717) is 5.92 Å². The van der Waals surface area contributed by atoms with Gasteiger partial charge < -0.3 is 4.74 Å². The first-order valence-electron chi connectivity index (χ1n) is 6.56. The van der Waals surface area contributed by atoms with Crippen molar-refractivity contribution in [1.82, 2.24) is 0 Å². The average molecular weight is 319 g/mol. The summed E-state index contributed by atoms with van der Waals surface area (Å²) in [6.07, 6.45) is 5.96. The molecule has 2 unspecified atom stereocenters. The summed E-state index contributed by atoms with van der Waals surface area (Å²) >= 11 is 3.46. The first kappa shape index (κ1) is 12.7. The van der Waals surface area contributed by atoms with Crippen LogP contribution in [0.2, 0.25) is 0 Å². The average Bonchev–Trinajstić information content (AvgIpc) is 2.72. The van der Waals surface area contributed by atoms with Gasteiger partial charge in [-0.3, -0.25) is 0 Å². The molecule has 19 heavy (non-hydrogen) atoms. The highest BCUT2D eigenvalue weighted by Gasteiger charge is 2.44. The van der Waals surface area contributed by atoms with E-state index in [2.05, 4.69) is 27.8 Å². The van der Waals surface area contributed by atoms with E-state index >= 15 is 0 Å². The van der Waals surface area contributed by atoms with Crippen LogP contribution in [0.15, 0.2) is 27.7 Å². The Morgan fingerprint density at radius 3 is 3.05 bits per heavy atom. The zero-order valence-corrected chi connectivity index (χ0v) is 12.4. The highest BCUT2D eigenvalue weighted by atomic mass is 79.9. The summed E-state index contributed by atoms with van der Waals surface area (Å²) in [5.74, 6) is 1.54. The molecule has 2 atom stereocenters. The van der Waals surface area contributed by atoms with Crippen molar-refractivity contribution in [3.05, 3.63) is 28.2 Å². The Kier molecular flexibility index (Phi) is 3.10. The van der Waals surface area contributed by atoms with Gasteiger partial charge in [0, 0.05) is 16.5 Å². The van der Waals surface area contributed by atoms with Gasteiger partial charge in [-0.15, -0.1) is 0 Å². The van der Waals surface area contributed by atoms with Gasteiger partial charge in [0.15, 0.2) is 0 Å². The van der Waals surface area contributed by atoms with E-state index in [9.17, 15) is 0 Å². The third kappa shape index (κ3) is 2.28. The summed E-state index contributed by atoms with van der Waals surface area (Å²) in [5, 5.41) is 8.91. The predicted octanol–water partition coefficient (Wildman–Crippen LogP) is 4.06. The van der Waals surface area contributed by atoms with E-state index in [1.165, 1.54) is 6.42 Å². The number of nitrogens with zero attached hydrogens (tertiary/aromatic N) is 2. The van der Waals surface area contributed by atoms with Crippen LogP contribution in [0.3, 0.4) is 0 Å². The van der Waals surface area contributed by atoms with Gasteiger partial charge in [0.1, 0.15) is 11.4 Å². The monoisotopic (exact) mass is 318 g/mol. The standard InChI is InChI=1S/C15H15BrN2O/c1-10-4-5-15(7-10)8-13(18-9-17)12-6-11(16)2-3-14(12)19-15/h2-3,6,10H,4-5,7-8H2,1H3. The topological polar surface area (TPSA) is 45.4 Å². The van der Waals surface area contributed by atoms with Gasteiger partial charge in [-0.2, -0.15) is 10.3 Å². The molecule has 0 N–H and O–H groups in total. The van der Waals surface area contributed by atoms with Crippen molar-refractivity contribution in [2.24, 2.45) is 10.9 Å². The Bertz CT molecular complexity index is 590. The van der Waals surface area contributed by atoms with Gasteiger partial charge >= 0.3 is 0 Å². The first-order chi connectivity index (χ1) is 9.12. The van der Waals surface area contributed by atoms with E-state index in [1.807, 2.05) is 24.4 Å². The van der Waals surface area contributed by atoms with Crippen LogP contribution in [0.1, 0.15) is 38.2 Å². The smallest absolute Gasteiger partial charge is 0.205 e. The molecule has 3 rings (SSSR count). The molecule has 1 fully saturated rings. The van der Waals surface area contributed by atoms with Gasteiger partial charge in [-0.25, -0.2) is 0 Å². The second-order valence-corrected chi connectivity index (χ2v) is 6.52. The van der Waals surface area contributed by atoms with Gasteiger partial charge in [-0.1, -0.05) is 22.9 Å². The lowest BCUT2D eigenvalue weighted by molar-refractivity contribution is 0.0743. The number of ether oxygens (including phenoxy) is 1. The third-order valence-corrected chi connectivity index (χ3v) is 4.56. The third-order valence-electron chi connectivity index (χ3n) is 4.07. The van der Waals surface area contributed by atoms with Crippen molar-refractivity contribution in [3.63, 3.8) is 0 Å². The minimum Gasteiger partial charge on any atom is -0.486 e. The van der Waals surface area contributed by atoms with Crippen LogP contribution in [-0.2, 0) is 0 Å². The minimum absolute atomic E-state index is 0.143. The maximum Gasteiger partial charge on any atom is 0.205 e. The Labute approximate surface area is 121 Å². The van der Waals surface area contributed by atoms with Crippen molar-refractivity contribution in [2.75, 3.05) is 0 Å². The number of hydrogen-bond acceptors (Lipinski definition) is 3. The van der Waals surface area contributed by atoms with Gasteiger partial charge in [0.05, 0.1) is 5.71 Å². The van der Waals surface area contributed by atoms with Gasteiger partial charge in [-0.05, 0) is 43.4 Å². The molecule has 1 saturated carbocycles. The summed E-state index contributed by atoms with van der Waals surface area (Å²) in [7, 11) is 0. The van der Waals surface area contributed by atoms with E-state index in [1.54, 1.807) is 0 Å². The largest absolute Gasteiger partial charge is 0.486 e. The van der Waals surface area contributed by atoms with E-state index in [4.69, 9.17) is 10.00 Å². The molecule has 1 spiro atoms. The lowest BCUT2D eigenvalue weighted by Gasteiger charge is -2.36. The van der Waals surface area contributed by atoms with Crippen molar-refractivity contribution < 1.29 is 4.74 Å². The van der Waals surface area contributed by atoms with Crippen molar-refractivity contribution in [2.45, 2.75) is 38.2 Å². The first-order valence-corrected chi connectivity index (χ1v) is 7.36. The molecule has 4 heteroatoms. The number of benzene rings is 1. The van der Waals surface area contributed by atoms with Crippen LogP contribution in [0.4, 0.5) is 0 Å². The van der Waals surface area contributed by atoms with Crippen LogP contribution in [-0.4, -0.2) is 11.3 Å². The van der Waals surface area contributed by atoms with Gasteiger partial charge in [0.2, 0.25) is 6.19 Å². The summed E-state index contributed by atoms with van der Waals surface area (Å²) in [6, 6.07) is 5.92. The second kappa shape index (κ2) is 4.64. The molecular formula is C15H15BrN2O. The van der Waals surface area contributed by atoms with Crippen LogP contribution in [0.25, 0.3) is 0 Å². The molecule has 1 heterocycles. The fourth-order valence-corrected chi connectivity index (χ4v) is 3.61. The van der Waals surface area contributed by atoms with Crippen molar-refractivity contribution in [1.29, 1.82) is 5.26 Å². The van der Waals surface area contributed by atoms with E-state index in [-0.39, 0.29) is 5.60 Å². The molecule has 98 valence electrons. The number of fused-ring (bicyclic) bond motifs is 1. The summed E-state index contributed by atoms with van der Waals surface area (Å²) in [6.45, 7) is 2.26. The molecular weight excluding hydrogens is 304 g/mol. The molecule has 0 radical (unpaired) electrons. The number of halogens is 1. The number of aliphatic imine (C=N–C) groups is 1. The van der Waals surface area contributed by atoms with E-state index in [0.717, 1.165) is 40.8 Å². The molecule has 3 nitrogen and oxygen atoms in total. The molecule has 1 aliphatic carbocycles. The van der Waals surface area contributed by atoms with Crippen molar-refractivity contribution in [3.8, 4) is 11.9 Å². The van der Waals surface area contributed by atoms with Gasteiger partial charge in [0.25, 0.3) is 0 Å². The highest BCUT2D eigenvalue weighted by Crippen LogP contribution is 2.45. The van der Waals surface area contributed by atoms with E-state index < -0.39 is 0 Å². The zero-order chi connectivity index (χ0) is 13.5. The van der Waals surface area contributed by atoms with Crippen LogP contribution in [0, 0.1) is 17.4 Å². The Morgan fingerprint density at radius 2 is 2.37 bits per heavy atom. The minimum atomic E-state index is -0.143.